The second-order valence-electron chi connectivity index (χ2n) is 7.20. The molecular weight excluding hydrogens is 443 g/mol. The third-order valence-corrected chi connectivity index (χ3v) is 5.67. The number of thioether (sulfide) groups is 1. The summed E-state index contributed by atoms with van der Waals surface area (Å²) in [4.78, 5) is 42.6. The molecule has 7 nitrogen and oxygen atoms in total. The van der Waals surface area contributed by atoms with Crippen LogP contribution >= 0.6 is 11.8 Å². The van der Waals surface area contributed by atoms with Gasteiger partial charge in [-0.05, 0) is 55.5 Å². The zero-order valence-electron chi connectivity index (χ0n) is 17.5. The number of aromatic nitrogens is 2. The lowest BCUT2D eigenvalue weighted by atomic mass is 10.2. The molecule has 3 aromatic carbocycles. The van der Waals surface area contributed by atoms with E-state index in [2.05, 4.69) is 15.7 Å². The van der Waals surface area contributed by atoms with Gasteiger partial charge in [0.05, 0.1) is 16.7 Å². The fraction of sp³-hybridized carbons (Fsp3) is 0.0833. The van der Waals surface area contributed by atoms with Crippen LogP contribution in [0.5, 0.6) is 0 Å². The molecule has 166 valence electrons. The number of carbonyl (C=O) groups is 2. The maximum absolute atomic E-state index is 13.2. The monoisotopic (exact) mass is 462 g/mol. The maximum atomic E-state index is 13.2. The lowest BCUT2D eigenvalue weighted by molar-refractivity contribution is -0.113. The largest absolute Gasteiger partial charge is 0.325 e. The Bertz CT molecular complexity index is 1390. The van der Waals surface area contributed by atoms with Crippen LogP contribution in [0.25, 0.3) is 10.9 Å². The van der Waals surface area contributed by atoms with Gasteiger partial charge in [-0.2, -0.15) is 4.68 Å². The van der Waals surface area contributed by atoms with Crippen LogP contribution in [0.1, 0.15) is 15.9 Å². The summed E-state index contributed by atoms with van der Waals surface area (Å²) >= 11 is 1.01. The second-order valence-corrected chi connectivity index (χ2v) is 8.15. The van der Waals surface area contributed by atoms with Gasteiger partial charge in [0.15, 0.2) is 5.16 Å². The highest BCUT2D eigenvalue weighted by Crippen LogP contribution is 2.18. The number of rotatable bonds is 6. The lowest BCUT2D eigenvalue weighted by Gasteiger charge is -2.14. The van der Waals surface area contributed by atoms with Gasteiger partial charge in [0.25, 0.3) is 11.5 Å². The Balaban J connectivity index is 1.59. The summed E-state index contributed by atoms with van der Waals surface area (Å²) in [6.07, 6.45) is 0. The Morgan fingerprint density at radius 2 is 1.70 bits per heavy atom. The minimum absolute atomic E-state index is 0.0366. The van der Waals surface area contributed by atoms with E-state index in [0.717, 1.165) is 34.1 Å². The minimum Gasteiger partial charge on any atom is -0.325 e. The first-order valence-electron chi connectivity index (χ1n) is 9.99. The molecule has 0 radical (unpaired) electrons. The Hall–Kier alpha value is -3.98. The van der Waals surface area contributed by atoms with Crippen molar-refractivity contribution in [1.29, 1.82) is 0 Å². The first kappa shape index (κ1) is 22.2. The highest BCUT2D eigenvalue weighted by Gasteiger charge is 2.16. The minimum atomic E-state index is -0.611. The molecule has 2 N–H and O–H groups in total. The smallest absolute Gasteiger partial charge is 0.281 e. The maximum Gasteiger partial charge on any atom is 0.281 e. The number of benzene rings is 3. The molecular formula is C24H19FN4O3S. The first-order chi connectivity index (χ1) is 15.9. The number of aryl methyl sites for hydroxylation is 1. The average Bonchev–Trinajstić information content (AvgIpc) is 2.81. The van der Waals surface area contributed by atoms with Crippen LogP contribution in [-0.4, -0.2) is 27.2 Å². The number of para-hydroxylation sites is 1. The van der Waals surface area contributed by atoms with Crippen molar-refractivity contribution >= 4 is 40.2 Å². The van der Waals surface area contributed by atoms with Crippen molar-refractivity contribution in [2.45, 2.75) is 12.1 Å². The molecule has 0 aliphatic rings. The molecule has 0 fully saturated rings. The van der Waals surface area contributed by atoms with Crippen LogP contribution in [0.3, 0.4) is 0 Å². The number of anilines is 1. The number of hydrogen-bond donors (Lipinski definition) is 2. The normalized spacial score (nSPS) is 10.7. The third kappa shape index (κ3) is 5.27. The SMILES string of the molecule is Cc1ccc(NC(=O)CSc2nc3ccccc3c(=O)n2NC(=O)c2ccc(F)cc2)cc1. The average molecular weight is 463 g/mol. The van der Waals surface area contributed by atoms with Crippen LogP contribution in [0.2, 0.25) is 0 Å². The summed E-state index contributed by atoms with van der Waals surface area (Å²) < 4.78 is 14.2. The fourth-order valence-corrected chi connectivity index (χ4v) is 3.79. The highest BCUT2D eigenvalue weighted by atomic mass is 32.2. The number of carbonyl (C=O) groups excluding carboxylic acids is 2. The molecule has 0 saturated heterocycles. The zero-order valence-corrected chi connectivity index (χ0v) is 18.4. The third-order valence-electron chi connectivity index (χ3n) is 4.73. The quantitative estimate of drug-likeness (QED) is 0.334. The van der Waals surface area contributed by atoms with Gasteiger partial charge in [-0.1, -0.05) is 41.6 Å². The molecule has 0 saturated carbocycles. The Morgan fingerprint density at radius 1 is 1.00 bits per heavy atom. The van der Waals surface area contributed by atoms with Crippen molar-refractivity contribution in [3.8, 4) is 0 Å². The van der Waals surface area contributed by atoms with Gasteiger partial charge >= 0.3 is 0 Å². The van der Waals surface area contributed by atoms with Gasteiger partial charge in [-0.25, -0.2) is 9.37 Å². The molecule has 9 heteroatoms. The van der Waals surface area contributed by atoms with Gasteiger partial charge < -0.3 is 5.32 Å². The van der Waals surface area contributed by atoms with Crippen molar-refractivity contribution < 1.29 is 14.0 Å². The van der Waals surface area contributed by atoms with E-state index in [1.54, 1.807) is 36.4 Å². The van der Waals surface area contributed by atoms with E-state index in [4.69, 9.17) is 0 Å². The van der Waals surface area contributed by atoms with Crippen molar-refractivity contribution in [3.05, 3.63) is 100 Å². The molecule has 0 bridgehead atoms. The van der Waals surface area contributed by atoms with E-state index in [9.17, 15) is 18.8 Å². The summed E-state index contributed by atoms with van der Waals surface area (Å²) in [7, 11) is 0. The van der Waals surface area contributed by atoms with Crippen LogP contribution in [0.4, 0.5) is 10.1 Å². The second kappa shape index (κ2) is 9.66. The van der Waals surface area contributed by atoms with E-state index in [-0.39, 0.29) is 22.4 Å². The Morgan fingerprint density at radius 3 is 2.42 bits per heavy atom. The summed E-state index contributed by atoms with van der Waals surface area (Å²) in [5, 5.41) is 3.24. The molecule has 0 atom stereocenters. The lowest BCUT2D eigenvalue weighted by Crippen LogP contribution is -2.35. The van der Waals surface area contributed by atoms with Crippen molar-refractivity contribution in [1.82, 2.24) is 9.66 Å². The van der Waals surface area contributed by atoms with Gasteiger partial charge in [0.1, 0.15) is 5.82 Å². The Kier molecular flexibility index (Phi) is 6.50. The van der Waals surface area contributed by atoms with E-state index in [1.165, 1.54) is 12.1 Å². The van der Waals surface area contributed by atoms with Crippen molar-refractivity contribution in [3.63, 3.8) is 0 Å². The molecule has 4 aromatic rings. The number of hydrogen-bond acceptors (Lipinski definition) is 5. The summed E-state index contributed by atoms with van der Waals surface area (Å²) in [6, 6.07) is 19.0. The number of amides is 2. The highest BCUT2D eigenvalue weighted by molar-refractivity contribution is 7.99. The van der Waals surface area contributed by atoms with Gasteiger partial charge in [0, 0.05) is 11.3 Å². The van der Waals surface area contributed by atoms with Crippen molar-refractivity contribution in [2.24, 2.45) is 0 Å². The van der Waals surface area contributed by atoms with E-state index >= 15 is 0 Å². The summed E-state index contributed by atoms with van der Waals surface area (Å²) in [6.45, 7) is 1.95. The van der Waals surface area contributed by atoms with Crippen LogP contribution in [0, 0.1) is 12.7 Å². The van der Waals surface area contributed by atoms with E-state index in [1.807, 2.05) is 19.1 Å². The molecule has 2 amide bonds. The zero-order chi connectivity index (χ0) is 23.4. The summed E-state index contributed by atoms with van der Waals surface area (Å²) in [5.74, 6) is -1.42. The molecule has 0 aliphatic carbocycles. The predicted molar refractivity (Wildman–Crippen MR) is 127 cm³/mol. The number of nitrogens with zero attached hydrogens (tertiary/aromatic N) is 2. The predicted octanol–water partition coefficient (Wildman–Crippen LogP) is 3.96. The van der Waals surface area contributed by atoms with Crippen LogP contribution in [-0.2, 0) is 4.79 Å². The molecule has 0 spiro atoms. The van der Waals surface area contributed by atoms with E-state index in [0.29, 0.717) is 16.6 Å². The van der Waals surface area contributed by atoms with Crippen molar-refractivity contribution in [2.75, 3.05) is 16.5 Å². The molecule has 0 aliphatic heterocycles. The molecule has 4 rings (SSSR count). The fourth-order valence-electron chi connectivity index (χ4n) is 3.04. The van der Waals surface area contributed by atoms with Crippen LogP contribution in [0.15, 0.2) is 82.7 Å². The number of nitrogens with one attached hydrogen (secondary N) is 2. The van der Waals surface area contributed by atoms with Gasteiger partial charge in [-0.15, -0.1) is 0 Å². The standard InChI is InChI=1S/C24H19FN4O3S/c1-15-6-12-18(13-7-15)26-21(30)14-33-24-27-20-5-3-2-4-19(20)23(32)29(24)28-22(31)16-8-10-17(25)11-9-16/h2-13H,14H2,1H3,(H,26,30)(H,28,31). The van der Waals surface area contributed by atoms with Gasteiger partial charge in [-0.3, -0.25) is 19.8 Å². The molecule has 0 unspecified atom stereocenters. The Labute approximate surface area is 192 Å². The molecule has 1 heterocycles. The van der Waals surface area contributed by atoms with Crippen LogP contribution < -0.4 is 16.3 Å². The molecule has 33 heavy (non-hydrogen) atoms. The first-order valence-corrected chi connectivity index (χ1v) is 11.0. The molecule has 1 aromatic heterocycles. The summed E-state index contributed by atoms with van der Waals surface area (Å²) in [5.41, 5.74) is 4.36. The number of fused-ring (bicyclic) bond motifs is 1. The van der Waals surface area contributed by atoms with Gasteiger partial charge in [0.2, 0.25) is 5.91 Å². The van der Waals surface area contributed by atoms with E-state index < -0.39 is 17.3 Å². The topological polar surface area (TPSA) is 93.1 Å². The number of halogens is 1.